The van der Waals surface area contributed by atoms with Crippen molar-refractivity contribution in [3.05, 3.63) is 36.2 Å². The smallest absolute Gasteiger partial charge is 0.255 e. The number of aromatic nitrogens is 3. The standard InChI is InChI=1S/C12H14N4O3/c17-9-2-3-10(11(18)8-9)12(19)13-4-1-6-16-7-5-14-15-16/h2-3,5,7-8,17-18H,1,4,6H2,(H,13,19). The average Bonchev–Trinajstić information content (AvgIpc) is 2.87. The predicted octanol–water partition coefficient (Wildman–Crippen LogP) is 0.509. The molecule has 3 N–H and O–H groups in total. The molecule has 2 rings (SSSR count). The molecule has 0 radical (unpaired) electrons. The van der Waals surface area contributed by atoms with Crippen LogP contribution in [0, 0.1) is 0 Å². The topological polar surface area (TPSA) is 100 Å². The van der Waals surface area contributed by atoms with Crippen LogP contribution in [-0.2, 0) is 6.54 Å². The van der Waals surface area contributed by atoms with Crippen LogP contribution in [0.25, 0.3) is 0 Å². The molecule has 0 saturated carbocycles. The monoisotopic (exact) mass is 262 g/mol. The van der Waals surface area contributed by atoms with Crippen molar-refractivity contribution in [2.24, 2.45) is 0 Å². The van der Waals surface area contributed by atoms with Crippen molar-refractivity contribution in [2.45, 2.75) is 13.0 Å². The number of carbonyl (C=O) groups is 1. The van der Waals surface area contributed by atoms with Gasteiger partial charge in [-0.2, -0.15) is 0 Å². The van der Waals surface area contributed by atoms with Crippen LogP contribution in [0.15, 0.2) is 30.6 Å². The minimum absolute atomic E-state index is 0.0831. The summed E-state index contributed by atoms with van der Waals surface area (Å²) in [6.07, 6.45) is 4.04. The van der Waals surface area contributed by atoms with Crippen LogP contribution in [0.1, 0.15) is 16.8 Å². The molecule has 100 valence electrons. The molecule has 0 fully saturated rings. The molecule has 1 heterocycles. The summed E-state index contributed by atoms with van der Waals surface area (Å²) >= 11 is 0. The van der Waals surface area contributed by atoms with Crippen molar-refractivity contribution in [1.29, 1.82) is 0 Å². The first-order chi connectivity index (χ1) is 9.16. The minimum atomic E-state index is -0.379. The largest absolute Gasteiger partial charge is 0.508 e. The Morgan fingerprint density at radius 2 is 2.21 bits per heavy atom. The number of carbonyl (C=O) groups excluding carboxylic acids is 1. The number of hydrogen-bond donors (Lipinski definition) is 3. The molecule has 0 spiro atoms. The molecule has 7 nitrogen and oxygen atoms in total. The van der Waals surface area contributed by atoms with Crippen molar-refractivity contribution < 1.29 is 15.0 Å². The molecule has 1 amide bonds. The lowest BCUT2D eigenvalue weighted by molar-refractivity contribution is 0.0950. The number of benzene rings is 1. The van der Waals surface area contributed by atoms with E-state index in [4.69, 9.17) is 5.11 Å². The van der Waals surface area contributed by atoms with Gasteiger partial charge >= 0.3 is 0 Å². The Morgan fingerprint density at radius 1 is 1.37 bits per heavy atom. The molecule has 0 aliphatic rings. The third-order valence-electron chi connectivity index (χ3n) is 2.55. The van der Waals surface area contributed by atoms with E-state index < -0.39 is 0 Å². The zero-order valence-corrected chi connectivity index (χ0v) is 10.2. The van der Waals surface area contributed by atoms with Crippen LogP contribution in [0.5, 0.6) is 11.5 Å². The lowest BCUT2D eigenvalue weighted by Gasteiger charge is -2.07. The van der Waals surface area contributed by atoms with Gasteiger partial charge in [0.05, 0.1) is 11.8 Å². The maximum atomic E-state index is 11.8. The van der Waals surface area contributed by atoms with Gasteiger partial charge in [0.25, 0.3) is 5.91 Å². The van der Waals surface area contributed by atoms with Crippen LogP contribution in [-0.4, -0.2) is 37.7 Å². The average molecular weight is 262 g/mol. The van der Waals surface area contributed by atoms with E-state index in [1.807, 2.05) is 0 Å². The number of hydrogen-bond acceptors (Lipinski definition) is 5. The molecule has 2 aromatic rings. The summed E-state index contributed by atoms with van der Waals surface area (Å²) < 4.78 is 1.67. The number of amides is 1. The summed E-state index contributed by atoms with van der Waals surface area (Å²) in [6, 6.07) is 3.85. The normalized spacial score (nSPS) is 10.3. The molecule has 0 aliphatic carbocycles. The first-order valence-electron chi connectivity index (χ1n) is 5.81. The summed E-state index contributed by atoms with van der Waals surface area (Å²) in [6.45, 7) is 1.11. The van der Waals surface area contributed by atoms with E-state index in [9.17, 15) is 9.90 Å². The number of aromatic hydroxyl groups is 2. The maximum Gasteiger partial charge on any atom is 0.255 e. The van der Waals surface area contributed by atoms with E-state index >= 15 is 0 Å². The third kappa shape index (κ3) is 3.44. The molecule has 0 atom stereocenters. The Labute approximate surface area is 109 Å². The number of aryl methyl sites for hydroxylation is 1. The van der Waals surface area contributed by atoms with Gasteiger partial charge in [-0.25, -0.2) is 0 Å². The van der Waals surface area contributed by atoms with Gasteiger partial charge in [0.1, 0.15) is 11.5 Å². The molecule has 7 heteroatoms. The highest BCUT2D eigenvalue weighted by Gasteiger charge is 2.10. The van der Waals surface area contributed by atoms with E-state index in [1.165, 1.54) is 12.1 Å². The quantitative estimate of drug-likeness (QED) is 0.682. The third-order valence-corrected chi connectivity index (χ3v) is 2.55. The lowest BCUT2D eigenvalue weighted by atomic mass is 10.2. The van der Waals surface area contributed by atoms with Crippen LogP contribution in [0.2, 0.25) is 0 Å². The fourth-order valence-electron chi connectivity index (χ4n) is 1.60. The zero-order chi connectivity index (χ0) is 13.7. The number of nitrogens with one attached hydrogen (secondary N) is 1. The van der Waals surface area contributed by atoms with Crippen LogP contribution in [0.4, 0.5) is 0 Å². The van der Waals surface area contributed by atoms with Gasteiger partial charge in [-0.05, 0) is 18.6 Å². The molecule has 0 saturated heterocycles. The molecule has 0 unspecified atom stereocenters. The number of phenolic OH excluding ortho intramolecular Hbond substituents is 2. The first-order valence-corrected chi connectivity index (χ1v) is 5.81. The highest BCUT2D eigenvalue weighted by Crippen LogP contribution is 2.22. The molecule has 1 aromatic heterocycles. The van der Waals surface area contributed by atoms with E-state index in [1.54, 1.807) is 17.1 Å². The van der Waals surface area contributed by atoms with Gasteiger partial charge in [-0.15, -0.1) is 5.10 Å². The second-order valence-corrected chi connectivity index (χ2v) is 3.98. The van der Waals surface area contributed by atoms with E-state index in [-0.39, 0.29) is 23.0 Å². The number of rotatable bonds is 5. The van der Waals surface area contributed by atoms with Gasteiger partial charge in [-0.3, -0.25) is 9.48 Å². The molecular formula is C12H14N4O3. The van der Waals surface area contributed by atoms with Gasteiger partial charge < -0.3 is 15.5 Å². The maximum absolute atomic E-state index is 11.8. The summed E-state index contributed by atoms with van der Waals surface area (Å²) in [7, 11) is 0. The van der Waals surface area contributed by atoms with E-state index in [2.05, 4.69) is 15.6 Å². The Morgan fingerprint density at radius 3 is 2.89 bits per heavy atom. The summed E-state index contributed by atoms with van der Waals surface area (Å²) in [5, 5.41) is 28.8. The van der Waals surface area contributed by atoms with Crippen LogP contribution < -0.4 is 5.32 Å². The highest BCUT2D eigenvalue weighted by atomic mass is 16.3. The Balaban J connectivity index is 1.81. The van der Waals surface area contributed by atoms with E-state index in [0.29, 0.717) is 19.5 Å². The summed E-state index contributed by atoms with van der Waals surface area (Å²) in [5.74, 6) is -0.704. The second kappa shape index (κ2) is 5.85. The molecule has 0 bridgehead atoms. The highest BCUT2D eigenvalue weighted by molar-refractivity contribution is 5.96. The first kappa shape index (κ1) is 12.9. The van der Waals surface area contributed by atoms with Crippen molar-refractivity contribution in [2.75, 3.05) is 6.54 Å². The van der Waals surface area contributed by atoms with Gasteiger partial charge in [0.2, 0.25) is 0 Å². The Bertz CT molecular complexity index is 554. The second-order valence-electron chi connectivity index (χ2n) is 3.98. The van der Waals surface area contributed by atoms with Crippen LogP contribution >= 0.6 is 0 Å². The lowest BCUT2D eigenvalue weighted by Crippen LogP contribution is -2.25. The van der Waals surface area contributed by atoms with Crippen LogP contribution in [0.3, 0.4) is 0 Å². The van der Waals surface area contributed by atoms with Crippen molar-refractivity contribution in [3.8, 4) is 11.5 Å². The van der Waals surface area contributed by atoms with Crippen molar-refractivity contribution >= 4 is 5.91 Å². The summed E-state index contributed by atoms with van der Waals surface area (Å²) in [4.78, 5) is 11.8. The zero-order valence-electron chi connectivity index (χ0n) is 10.2. The van der Waals surface area contributed by atoms with Gasteiger partial charge in [-0.1, -0.05) is 5.21 Å². The SMILES string of the molecule is O=C(NCCCn1ccnn1)c1ccc(O)cc1O. The molecule has 0 aliphatic heterocycles. The Kier molecular flexibility index (Phi) is 3.97. The minimum Gasteiger partial charge on any atom is -0.508 e. The van der Waals surface area contributed by atoms with Gasteiger partial charge in [0.15, 0.2) is 0 Å². The summed E-state index contributed by atoms with van der Waals surface area (Å²) in [5.41, 5.74) is 0.138. The molecule has 19 heavy (non-hydrogen) atoms. The number of phenols is 2. The molecular weight excluding hydrogens is 248 g/mol. The molecule has 1 aromatic carbocycles. The number of nitrogens with zero attached hydrogens (tertiary/aromatic N) is 3. The van der Waals surface area contributed by atoms with Crippen molar-refractivity contribution in [3.63, 3.8) is 0 Å². The predicted molar refractivity (Wildman–Crippen MR) is 66.7 cm³/mol. The fourth-order valence-corrected chi connectivity index (χ4v) is 1.60. The van der Waals surface area contributed by atoms with E-state index in [0.717, 1.165) is 6.07 Å². The Hall–Kier alpha value is -2.57. The van der Waals surface area contributed by atoms with Gasteiger partial charge in [0, 0.05) is 25.4 Å². The van der Waals surface area contributed by atoms with Crippen molar-refractivity contribution in [1.82, 2.24) is 20.3 Å². The fraction of sp³-hybridized carbons (Fsp3) is 0.250.